The summed E-state index contributed by atoms with van der Waals surface area (Å²) in [4.78, 5) is 45.7. The molecule has 0 aliphatic carbocycles. The molecule has 0 saturated carbocycles. The summed E-state index contributed by atoms with van der Waals surface area (Å²) in [5.41, 5.74) is 1.44. The molecule has 31 heavy (non-hydrogen) atoms. The third kappa shape index (κ3) is 4.23. The number of amides is 2. The Labute approximate surface area is 176 Å². The summed E-state index contributed by atoms with van der Waals surface area (Å²) in [6.07, 6.45) is 0.610. The van der Waals surface area contributed by atoms with Gasteiger partial charge in [0.2, 0.25) is 17.8 Å². The Morgan fingerprint density at radius 1 is 1.26 bits per heavy atom. The molecule has 9 nitrogen and oxygen atoms in total. The van der Waals surface area contributed by atoms with Crippen molar-refractivity contribution in [1.29, 1.82) is 0 Å². The molecular formula is C21H21FN6O3. The highest BCUT2D eigenvalue weighted by atomic mass is 19.1. The maximum absolute atomic E-state index is 13.2. The van der Waals surface area contributed by atoms with Crippen molar-refractivity contribution in [3.05, 3.63) is 64.0 Å². The summed E-state index contributed by atoms with van der Waals surface area (Å²) >= 11 is 0. The number of rotatable bonds is 5. The largest absolute Gasteiger partial charge is 0.312 e. The van der Waals surface area contributed by atoms with Gasteiger partial charge in [-0.3, -0.25) is 19.4 Å². The van der Waals surface area contributed by atoms with E-state index < -0.39 is 11.7 Å². The van der Waals surface area contributed by atoms with Gasteiger partial charge in [-0.05, 0) is 37.6 Å². The van der Waals surface area contributed by atoms with Crippen molar-refractivity contribution < 1.29 is 14.0 Å². The van der Waals surface area contributed by atoms with E-state index >= 15 is 0 Å². The van der Waals surface area contributed by atoms with E-state index in [2.05, 4.69) is 20.4 Å². The predicted molar refractivity (Wildman–Crippen MR) is 112 cm³/mol. The highest BCUT2D eigenvalue weighted by molar-refractivity contribution is 6.03. The molecule has 1 fully saturated rings. The van der Waals surface area contributed by atoms with Crippen LogP contribution in [-0.4, -0.2) is 38.1 Å². The maximum atomic E-state index is 13.2. The van der Waals surface area contributed by atoms with Crippen molar-refractivity contribution in [2.24, 2.45) is 5.92 Å². The van der Waals surface area contributed by atoms with Gasteiger partial charge in [0.25, 0.3) is 5.56 Å². The quantitative estimate of drug-likeness (QED) is 0.650. The molecule has 0 bridgehead atoms. The first-order valence-electron chi connectivity index (χ1n) is 9.88. The second-order valence-corrected chi connectivity index (χ2v) is 7.37. The number of benzene rings is 1. The molecule has 3 aromatic rings. The monoisotopic (exact) mass is 424 g/mol. The minimum absolute atomic E-state index is 0.0384. The van der Waals surface area contributed by atoms with Gasteiger partial charge in [-0.2, -0.15) is 9.78 Å². The minimum atomic E-state index is -0.588. The molecule has 4 rings (SSSR count). The number of aromatic nitrogens is 4. The Bertz CT molecular complexity index is 1200. The van der Waals surface area contributed by atoms with Crippen LogP contribution in [0.2, 0.25) is 0 Å². The SMILES string of the molecule is CCc1cc(=O)[nH]c(-n2nc(C)cc2NC(=O)[C@H]2CC(=O)N(c3ccc(F)cc3)C2)n1. The minimum Gasteiger partial charge on any atom is -0.312 e. The number of hydrogen-bond acceptors (Lipinski definition) is 5. The lowest BCUT2D eigenvalue weighted by atomic mass is 10.1. The fourth-order valence-electron chi connectivity index (χ4n) is 3.51. The summed E-state index contributed by atoms with van der Waals surface area (Å²) in [6.45, 7) is 3.82. The van der Waals surface area contributed by atoms with Crippen molar-refractivity contribution >= 4 is 23.3 Å². The number of anilines is 2. The Morgan fingerprint density at radius 3 is 2.71 bits per heavy atom. The molecule has 1 saturated heterocycles. The van der Waals surface area contributed by atoms with E-state index in [1.54, 1.807) is 13.0 Å². The molecule has 0 spiro atoms. The van der Waals surface area contributed by atoms with E-state index in [1.165, 1.54) is 39.9 Å². The van der Waals surface area contributed by atoms with E-state index in [-0.39, 0.29) is 36.3 Å². The average Bonchev–Trinajstić information content (AvgIpc) is 3.30. The fraction of sp³-hybridized carbons (Fsp3) is 0.286. The first-order chi connectivity index (χ1) is 14.8. The van der Waals surface area contributed by atoms with Crippen molar-refractivity contribution in [1.82, 2.24) is 19.7 Å². The summed E-state index contributed by atoms with van der Waals surface area (Å²) < 4.78 is 14.5. The number of carbonyl (C=O) groups excluding carboxylic acids is 2. The summed E-state index contributed by atoms with van der Waals surface area (Å²) in [6, 6.07) is 8.63. The molecule has 1 aliphatic heterocycles. The van der Waals surface area contributed by atoms with E-state index in [4.69, 9.17) is 0 Å². The van der Waals surface area contributed by atoms with Crippen LogP contribution in [0.1, 0.15) is 24.7 Å². The molecule has 0 radical (unpaired) electrons. The van der Waals surface area contributed by atoms with Gasteiger partial charge in [-0.1, -0.05) is 6.92 Å². The third-order valence-electron chi connectivity index (χ3n) is 5.06. The van der Waals surface area contributed by atoms with Crippen molar-refractivity contribution in [2.45, 2.75) is 26.7 Å². The lowest BCUT2D eigenvalue weighted by Crippen LogP contribution is -2.29. The number of aryl methyl sites for hydroxylation is 2. The third-order valence-corrected chi connectivity index (χ3v) is 5.06. The molecule has 10 heteroatoms. The van der Waals surface area contributed by atoms with Gasteiger partial charge in [-0.25, -0.2) is 9.37 Å². The first kappa shape index (κ1) is 20.5. The second kappa shape index (κ2) is 8.13. The molecule has 2 aromatic heterocycles. The zero-order chi connectivity index (χ0) is 22.1. The van der Waals surface area contributed by atoms with Gasteiger partial charge in [-0.15, -0.1) is 0 Å². The number of aromatic amines is 1. The number of halogens is 1. The van der Waals surface area contributed by atoms with Gasteiger partial charge in [0.1, 0.15) is 11.6 Å². The standard InChI is InChI=1S/C21H21FN6O3/c1-3-15-10-18(29)25-21(23-15)28-17(8-12(2)26-28)24-20(31)13-9-19(30)27(11-13)16-6-4-14(22)5-7-16/h4-8,10,13H,3,9,11H2,1-2H3,(H,24,31)(H,23,25,29)/t13-/m0/s1. The van der Waals surface area contributed by atoms with Crippen LogP contribution in [-0.2, 0) is 16.0 Å². The maximum Gasteiger partial charge on any atom is 0.252 e. The van der Waals surface area contributed by atoms with Crippen LogP contribution in [0.15, 0.2) is 41.2 Å². The molecular weight excluding hydrogens is 403 g/mol. The smallest absolute Gasteiger partial charge is 0.252 e. The van der Waals surface area contributed by atoms with E-state index in [0.29, 0.717) is 29.3 Å². The van der Waals surface area contributed by atoms with Crippen LogP contribution in [0.25, 0.3) is 5.95 Å². The highest BCUT2D eigenvalue weighted by Crippen LogP contribution is 2.26. The van der Waals surface area contributed by atoms with Crippen LogP contribution in [0, 0.1) is 18.7 Å². The van der Waals surface area contributed by atoms with Crippen molar-refractivity contribution in [3.63, 3.8) is 0 Å². The van der Waals surface area contributed by atoms with Crippen molar-refractivity contribution in [2.75, 3.05) is 16.8 Å². The normalized spacial score (nSPS) is 16.0. The molecule has 160 valence electrons. The van der Waals surface area contributed by atoms with E-state index in [0.717, 1.165) is 0 Å². The highest BCUT2D eigenvalue weighted by Gasteiger charge is 2.35. The zero-order valence-electron chi connectivity index (χ0n) is 17.1. The van der Waals surface area contributed by atoms with Crippen LogP contribution in [0.3, 0.4) is 0 Å². The zero-order valence-corrected chi connectivity index (χ0v) is 17.1. The molecule has 2 amide bonds. The molecule has 0 unspecified atom stereocenters. The first-order valence-corrected chi connectivity index (χ1v) is 9.88. The summed E-state index contributed by atoms with van der Waals surface area (Å²) in [5, 5.41) is 7.11. The fourth-order valence-corrected chi connectivity index (χ4v) is 3.51. The number of carbonyl (C=O) groups is 2. The van der Waals surface area contributed by atoms with Gasteiger partial charge in [0.15, 0.2) is 0 Å². The number of H-pyrrole nitrogens is 1. The van der Waals surface area contributed by atoms with Crippen LogP contribution in [0.5, 0.6) is 0 Å². The predicted octanol–water partition coefficient (Wildman–Crippen LogP) is 1.96. The molecule has 3 heterocycles. The summed E-state index contributed by atoms with van der Waals surface area (Å²) in [7, 11) is 0. The number of nitrogens with zero attached hydrogens (tertiary/aromatic N) is 4. The molecule has 2 N–H and O–H groups in total. The molecule has 1 atom stereocenters. The van der Waals surface area contributed by atoms with Gasteiger partial charge in [0, 0.05) is 36.5 Å². The Balaban J connectivity index is 1.55. The number of hydrogen-bond donors (Lipinski definition) is 2. The molecule has 1 aliphatic rings. The number of nitrogens with one attached hydrogen (secondary N) is 2. The Kier molecular flexibility index (Phi) is 5.37. The van der Waals surface area contributed by atoms with E-state index in [1.807, 2.05) is 6.92 Å². The van der Waals surface area contributed by atoms with Crippen LogP contribution >= 0.6 is 0 Å². The lowest BCUT2D eigenvalue weighted by molar-refractivity contribution is -0.122. The van der Waals surface area contributed by atoms with Crippen LogP contribution < -0.4 is 15.8 Å². The second-order valence-electron chi connectivity index (χ2n) is 7.37. The Morgan fingerprint density at radius 2 is 2.00 bits per heavy atom. The van der Waals surface area contributed by atoms with Gasteiger partial charge >= 0.3 is 0 Å². The topological polar surface area (TPSA) is 113 Å². The van der Waals surface area contributed by atoms with Gasteiger partial charge < -0.3 is 10.2 Å². The Hall–Kier alpha value is -3.82. The van der Waals surface area contributed by atoms with Gasteiger partial charge in [0.05, 0.1) is 11.6 Å². The average molecular weight is 424 g/mol. The van der Waals surface area contributed by atoms with Crippen molar-refractivity contribution in [3.8, 4) is 5.95 Å². The molecule has 1 aromatic carbocycles. The summed E-state index contributed by atoms with van der Waals surface area (Å²) in [5.74, 6) is -1.01. The van der Waals surface area contributed by atoms with E-state index in [9.17, 15) is 18.8 Å². The van der Waals surface area contributed by atoms with Crippen LogP contribution in [0.4, 0.5) is 15.9 Å². The lowest BCUT2D eigenvalue weighted by Gasteiger charge is -2.16.